The van der Waals surface area contributed by atoms with E-state index in [1.54, 1.807) is 0 Å². The molecular weight excluding hydrogens is 426 g/mol. The van der Waals surface area contributed by atoms with Gasteiger partial charge in [0.05, 0.1) is 0 Å². The summed E-state index contributed by atoms with van der Waals surface area (Å²) >= 11 is 0. The zero-order chi connectivity index (χ0) is 23.6. The van der Waals surface area contributed by atoms with Crippen molar-refractivity contribution in [2.24, 2.45) is 11.8 Å². The maximum absolute atomic E-state index is 5.99. The Balaban J connectivity index is 1.09. The fourth-order valence-corrected chi connectivity index (χ4v) is 5.72. The third-order valence-electron chi connectivity index (χ3n) is 7.81. The van der Waals surface area contributed by atoms with Gasteiger partial charge in [-0.15, -0.1) is 0 Å². The van der Waals surface area contributed by atoms with Gasteiger partial charge >= 0.3 is 0 Å². The first-order valence-electron chi connectivity index (χ1n) is 13.8. The van der Waals surface area contributed by atoms with Crippen LogP contribution in [0.15, 0.2) is 0 Å². The van der Waals surface area contributed by atoms with Crippen molar-refractivity contribution in [3.05, 3.63) is 0 Å². The van der Waals surface area contributed by atoms with Gasteiger partial charge in [0.1, 0.15) is 0 Å². The van der Waals surface area contributed by atoms with Crippen LogP contribution < -0.4 is 31.9 Å². The molecule has 0 spiro atoms. The summed E-state index contributed by atoms with van der Waals surface area (Å²) < 4.78 is 0. The molecular formula is C25H47N9. The summed E-state index contributed by atoms with van der Waals surface area (Å²) in [6.07, 6.45) is 13.4. The third kappa shape index (κ3) is 8.20. The zero-order valence-electron chi connectivity index (χ0n) is 21.2. The molecule has 192 valence electrons. The minimum absolute atomic E-state index is 0.294. The SMILES string of the molecule is C[C@H]1CN(c2nc(N)nc(NCC3CCC(CNCCCNC4CCCCC4)CC3)n2)CCN1. The van der Waals surface area contributed by atoms with Gasteiger partial charge in [-0.25, -0.2) is 0 Å². The predicted octanol–water partition coefficient (Wildman–Crippen LogP) is 2.37. The quantitative estimate of drug-likeness (QED) is 0.309. The number of nitrogens with two attached hydrogens (primary N) is 1. The van der Waals surface area contributed by atoms with Gasteiger partial charge in [-0.3, -0.25) is 0 Å². The maximum Gasteiger partial charge on any atom is 0.232 e. The number of aromatic nitrogens is 3. The number of nitrogens with zero attached hydrogens (tertiary/aromatic N) is 4. The topological polar surface area (TPSA) is 116 Å². The van der Waals surface area contributed by atoms with E-state index in [1.165, 1.54) is 70.8 Å². The van der Waals surface area contributed by atoms with E-state index in [9.17, 15) is 0 Å². The van der Waals surface area contributed by atoms with Crippen molar-refractivity contribution >= 4 is 17.8 Å². The molecule has 0 bridgehead atoms. The van der Waals surface area contributed by atoms with E-state index in [-0.39, 0.29) is 0 Å². The molecule has 0 amide bonds. The molecule has 1 aromatic rings. The van der Waals surface area contributed by atoms with Crippen molar-refractivity contribution < 1.29 is 0 Å². The minimum Gasteiger partial charge on any atom is -0.368 e. The number of nitrogens with one attached hydrogen (secondary N) is 4. The average Bonchev–Trinajstić information content (AvgIpc) is 2.86. The summed E-state index contributed by atoms with van der Waals surface area (Å²) in [4.78, 5) is 15.5. The highest BCUT2D eigenvalue weighted by atomic mass is 15.3. The molecule has 2 aliphatic carbocycles. The summed E-state index contributed by atoms with van der Waals surface area (Å²) in [6, 6.07) is 1.20. The third-order valence-corrected chi connectivity index (χ3v) is 7.81. The van der Waals surface area contributed by atoms with Gasteiger partial charge < -0.3 is 31.9 Å². The van der Waals surface area contributed by atoms with Crippen LogP contribution in [0.3, 0.4) is 0 Å². The molecule has 4 rings (SSSR count). The van der Waals surface area contributed by atoms with Gasteiger partial charge in [0.25, 0.3) is 0 Å². The van der Waals surface area contributed by atoms with Crippen molar-refractivity contribution in [1.29, 1.82) is 0 Å². The smallest absolute Gasteiger partial charge is 0.232 e. The first-order chi connectivity index (χ1) is 16.7. The summed E-state index contributed by atoms with van der Waals surface area (Å²) in [5, 5.41) is 14.3. The highest BCUT2D eigenvalue weighted by molar-refractivity contribution is 5.42. The van der Waals surface area contributed by atoms with Crippen molar-refractivity contribution in [2.45, 2.75) is 83.2 Å². The van der Waals surface area contributed by atoms with Gasteiger partial charge in [0, 0.05) is 38.3 Å². The number of piperazine rings is 1. The molecule has 1 atom stereocenters. The van der Waals surface area contributed by atoms with Gasteiger partial charge in [-0.2, -0.15) is 15.0 Å². The first kappa shape index (κ1) is 25.4. The Labute approximate surface area is 205 Å². The molecule has 1 aromatic heterocycles. The molecule has 6 N–H and O–H groups in total. The molecule has 9 heteroatoms. The number of anilines is 3. The van der Waals surface area contributed by atoms with E-state index < -0.39 is 0 Å². The van der Waals surface area contributed by atoms with E-state index >= 15 is 0 Å². The average molecular weight is 474 g/mol. The summed E-state index contributed by atoms with van der Waals surface area (Å²) in [5.74, 6) is 3.09. The number of rotatable bonds is 11. The molecule has 0 aromatic carbocycles. The molecule has 9 nitrogen and oxygen atoms in total. The van der Waals surface area contributed by atoms with E-state index in [0.29, 0.717) is 29.8 Å². The highest BCUT2D eigenvalue weighted by Crippen LogP contribution is 2.28. The van der Waals surface area contributed by atoms with Crippen LogP contribution in [0.25, 0.3) is 0 Å². The molecule has 1 aliphatic heterocycles. The fraction of sp³-hybridized carbons (Fsp3) is 0.880. The molecule has 2 saturated carbocycles. The fourth-order valence-electron chi connectivity index (χ4n) is 5.72. The Kier molecular flexibility index (Phi) is 10.0. The first-order valence-corrected chi connectivity index (χ1v) is 13.8. The number of hydrogen-bond acceptors (Lipinski definition) is 9. The largest absolute Gasteiger partial charge is 0.368 e. The highest BCUT2D eigenvalue weighted by Gasteiger charge is 2.22. The molecule has 0 unspecified atom stereocenters. The Hall–Kier alpha value is -1.71. The molecule has 3 fully saturated rings. The Morgan fingerprint density at radius 3 is 2.47 bits per heavy atom. The van der Waals surface area contributed by atoms with Crippen molar-refractivity contribution in [2.75, 3.05) is 61.8 Å². The Bertz CT molecular complexity index is 716. The zero-order valence-corrected chi connectivity index (χ0v) is 21.2. The Morgan fingerprint density at radius 1 is 0.941 bits per heavy atom. The maximum atomic E-state index is 5.99. The lowest BCUT2D eigenvalue weighted by Gasteiger charge is -2.32. The second-order valence-electron chi connectivity index (χ2n) is 10.7. The number of hydrogen-bond donors (Lipinski definition) is 5. The predicted molar refractivity (Wildman–Crippen MR) is 140 cm³/mol. The monoisotopic (exact) mass is 473 g/mol. The van der Waals surface area contributed by atoms with Crippen LogP contribution in [0.4, 0.5) is 17.8 Å². The van der Waals surface area contributed by atoms with Crippen LogP contribution in [0.2, 0.25) is 0 Å². The van der Waals surface area contributed by atoms with Crippen molar-refractivity contribution in [3.63, 3.8) is 0 Å². The van der Waals surface area contributed by atoms with Crippen LogP contribution in [0, 0.1) is 11.8 Å². The minimum atomic E-state index is 0.294. The molecule has 34 heavy (non-hydrogen) atoms. The summed E-state index contributed by atoms with van der Waals surface area (Å²) in [7, 11) is 0. The van der Waals surface area contributed by atoms with E-state index in [2.05, 4.69) is 48.0 Å². The lowest BCUT2D eigenvalue weighted by Crippen LogP contribution is -2.50. The second kappa shape index (κ2) is 13.4. The Morgan fingerprint density at radius 2 is 1.71 bits per heavy atom. The number of nitrogen functional groups attached to an aromatic ring is 1. The normalized spacial score (nSPS) is 26.5. The summed E-state index contributed by atoms with van der Waals surface area (Å²) in [5.41, 5.74) is 5.99. The lowest BCUT2D eigenvalue weighted by molar-refractivity contribution is 0.275. The standard InChI is InChI=1S/C25H47N9/c1-19-18-34(15-14-28-19)25-32-23(26)31-24(33-25)30-17-21-10-8-20(9-11-21)16-27-12-5-13-29-22-6-3-2-4-7-22/h19-22,27-29H,2-18H2,1H3,(H3,26,30,31,32,33)/t19-,20?,21?/m0/s1. The molecule has 1 saturated heterocycles. The van der Waals surface area contributed by atoms with Crippen LogP contribution >= 0.6 is 0 Å². The summed E-state index contributed by atoms with van der Waals surface area (Å²) in [6.45, 7) is 9.26. The van der Waals surface area contributed by atoms with Crippen LogP contribution in [0.1, 0.15) is 71.1 Å². The van der Waals surface area contributed by atoms with Crippen LogP contribution in [-0.4, -0.2) is 72.8 Å². The van der Waals surface area contributed by atoms with E-state index in [4.69, 9.17) is 5.73 Å². The lowest BCUT2D eigenvalue weighted by atomic mass is 9.82. The van der Waals surface area contributed by atoms with E-state index in [1.807, 2.05) is 0 Å². The molecule has 0 radical (unpaired) electrons. The van der Waals surface area contributed by atoms with Crippen LogP contribution in [-0.2, 0) is 0 Å². The van der Waals surface area contributed by atoms with Gasteiger partial charge in [0.15, 0.2) is 0 Å². The van der Waals surface area contributed by atoms with Gasteiger partial charge in [0.2, 0.25) is 17.8 Å². The van der Waals surface area contributed by atoms with Crippen molar-refractivity contribution in [1.82, 2.24) is 30.9 Å². The molecule has 3 aliphatic rings. The van der Waals surface area contributed by atoms with Crippen LogP contribution in [0.5, 0.6) is 0 Å². The van der Waals surface area contributed by atoms with Gasteiger partial charge in [-0.05, 0) is 83.3 Å². The molecule has 2 heterocycles. The van der Waals surface area contributed by atoms with E-state index in [0.717, 1.165) is 51.2 Å². The van der Waals surface area contributed by atoms with Gasteiger partial charge in [-0.1, -0.05) is 19.3 Å². The second-order valence-corrected chi connectivity index (χ2v) is 10.7. The van der Waals surface area contributed by atoms with Crippen molar-refractivity contribution in [3.8, 4) is 0 Å².